The first kappa shape index (κ1) is 64.1. The van der Waals surface area contributed by atoms with Crippen LogP contribution in [0, 0.1) is 90.7 Å². The zero-order chi connectivity index (χ0) is 88.4. The summed E-state index contributed by atoms with van der Waals surface area (Å²) >= 11 is 0. The Morgan fingerprint density at radius 3 is 0.900 bits per heavy atom. The molecule has 0 unspecified atom stereocenters. The van der Waals surface area contributed by atoms with Gasteiger partial charge in [0.05, 0.1) is 22.3 Å². The smallest absolute Gasteiger partial charge is 0.227 e. The van der Waals surface area contributed by atoms with E-state index in [1.54, 1.807) is 63.2 Å². The molecule has 0 saturated heterocycles. The van der Waals surface area contributed by atoms with Gasteiger partial charge in [-0.05, 0) is 209 Å². The minimum Gasteiger partial charge on any atom is -0.437 e. The number of rotatable bonds is 8. The van der Waals surface area contributed by atoms with E-state index in [4.69, 9.17) is 32.7 Å². The van der Waals surface area contributed by atoms with Crippen molar-refractivity contribution in [3.63, 3.8) is 0 Å². The Hall–Kier alpha value is -10.7. The second kappa shape index (κ2) is 29.6. The lowest BCUT2D eigenvalue weighted by Crippen LogP contribution is -2.32. The quantitative estimate of drug-likeness (QED) is 0.138. The highest BCUT2D eigenvalue weighted by atomic mass is 16.4. The van der Waals surface area contributed by atoms with E-state index in [-0.39, 0.29) is 27.4 Å². The van der Waals surface area contributed by atoms with Gasteiger partial charge in [0.25, 0.3) is 0 Å². The van der Waals surface area contributed by atoms with Crippen LogP contribution in [0.2, 0.25) is 0 Å². The fourth-order valence-corrected chi connectivity index (χ4v) is 15.2. The molecule has 0 N–H and O–H groups in total. The minimum absolute atomic E-state index is 0.0137. The van der Waals surface area contributed by atoms with Crippen molar-refractivity contribution in [2.45, 2.75) is 178 Å². The van der Waals surface area contributed by atoms with E-state index in [2.05, 4.69) is 176 Å². The molecule has 16 rings (SSSR count). The monoisotopic (exact) mass is 1480 g/mol. The molecule has 0 amide bonds. The van der Waals surface area contributed by atoms with E-state index in [1.807, 2.05) is 111 Å². The third-order valence-electron chi connectivity index (χ3n) is 20.2. The first-order chi connectivity index (χ1) is 56.2. The summed E-state index contributed by atoms with van der Waals surface area (Å²) in [5.74, 6) is 0. The molecule has 0 aliphatic carbocycles. The van der Waals surface area contributed by atoms with Crippen LogP contribution in [-0.4, -0.2) is 19.9 Å². The Kier molecular flexibility index (Phi) is 17.3. The third kappa shape index (κ3) is 16.0. The average molecular weight is 1480 g/mol. The summed E-state index contributed by atoms with van der Waals surface area (Å²) in [7, 11) is 7.69. The summed E-state index contributed by atoms with van der Waals surface area (Å²) in [6.07, 6.45) is 11.2. The molecule has 4 aromatic carbocycles. The summed E-state index contributed by atoms with van der Waals surface area (Å²) in [5.41, 5.74) is 24.2. The van der Waals surface area contributed by atoms with E-state index in [1.165, 1.54) is 28.6 Å². The standard InChI is InChI=1S/2C25H29N2O.2C24H27N2O/c2*1-15-8-10-19-20-11-9-17(3)26-24(20)28-23(19)22(15)21-12-18(13-25(4,5)6)16(2)14-27(21)7;2*1-15-9-10-18-19-8-7-11-25-23(19)27-22(18)21(15)20-12-17(13-24(3,4)5)16(2)14-26(20)6/h2*8-12,14H,13H2,1-7H3;2*7-12,14H,13H2,1-6H3/q4*+1/i2D3;;2D3,13D2;2D3. The van der Waals surface area contributed by atoms with Crippen molar-refractivity contribution in [1.82, 2.24) is 19.9 Å². The topological polar surface area (TPSA) is 120 Å². The van der Waals surface area contributed by atoms with Gasteiger partial charge in [-0.1, -0.05) is 132 Å². The normalized spacial score (nSPS) is 14.2. The number of pyridine rings is 8. The molecule has 564 valence electrons. The van der Waals surface area contributed by atoms with Crippen LogP contribution < -0.4 is 18.3 Å². The summed E-state index contributed by atoms with van der Waals surface area (Å²) in [4.78, 5) is 17.9. The van der Waals surface area contributed by atoms with Gasteiger partial charge >= 0.3 is 0 Å². The Labute approximate surface area is 665 Å². The van der Waals surface area contributed by atoms with Crippen molar-refractivity contribution in [2.75, 3.05) is 0 Å². The Morgan fingerprint density at radius 2 is 0.591 bits per heavy atom. The van der Waals surface area contributed by atoms with E-state index in [0.717, 1.165) is 139 Å². The molecule has 0 radical (unpaired) electrons. The highest BCUT2D eigenvalue weighted by Gasteiger charge is 2.30. The van der Waals surface area contributed by atoms with E-state index >= 15 is 0 Å². The molecule has 0 bridgehead atoms. The maximum Gasteiger partial charge on any atom is 0.227 e. The van der Waals surface area contributed by atoms with Crippen LogP contribution in [0.4, 0.5) is 0 Å². The molecule has 0 saturated carbocycles. The van der Waals surface area contributed by atoms with Crippen LogP contribution in [0.25, 0.3) is 133 Å². The van der Waals surface area contributed by atoms with Crippen molar-refractivity contribution >= 4 is 88.3 Å². The van der Waals surface area contributed by atoms with Crippen LogP contribution >= 0.6 is 0 Å². The van der Waals surface area contributed by atoms with Gasteiger partial charge in [-0.3, -0.25) is 0 Å². The predicted molar refractivity (Wildman–Crippen MR) is 453 cm³/mol. The highest BCUT2D eigenvalue weighted by molar-refractivity contribution is 6.12. The molecule has 16 aromatic rings. The second-order valence-electron chi connectivity index (χ2n) is 34.8. The van der Waals surface area contributed by atoms with Gasteiger partial charge in [-0.2, -0.15) is 0 Å². The van der Waals surface area contributed by atoms with Crippen molar-refractivity contribution in [1.29, 1.82) is 0 Å². The predicted octanol–water partition coefficient (Wildman–Crippen LogP) is 23.3. The van der Waals surface area contributed by atoms with Crippen LogP contribution in [0.15, 0.2) is 176 Å². The molecule has 12 aromatic heterocycles. The molecule has 0 spiro atoms. The summed E-state index contributed by atoms with van der Waals surface area (Å²) < 4.78 is 123. The number of furan rings is 4. The molecule has 12 heteroatoms. The van der Waals surface area contributed by atoms with Gasteiger partial charge < -0.3 is 17.7 Å². The van der Waals surface area contributed by atoms with E-state index < -0.39 is 32.3 Å². The number of hydrogen-bond acceptors (Lipinski definition) is 8. The summed E-state index contributed by atoms with van der Waals surface area (Å²) in [6.45, 7) is 32.6. The highest BCUT2D eigenvalue weighted by Crippen LogP contribution is 2.43. The minimum atomic E-state index is -2.45. The van der Waals surface area contributed by atoms with E-state index in [0.29, 0.717) is 58.1 Å². The number of fused-ring (bicyclic) bond motifs is 12. The number of aromatic nitrogens is 8. The SMILES string of the molecule is Cc1ccc2c(n1)oc1c(-c3cc(CC(C)(C)C)c(C)c[n+]3C)c(C)ccc12.[2H]C([2H])([2H])c1c[n+](C)c(-c2c(C)ccc3c2oc2nc(C)ccc23)cc1CC(C)(C)C.[2H]C([2H])([2H])c1c[n+](C)c(-c2c(C)ccc3c2oc2ncccc23)cc1C([2H])([2H])C(C)(C)C.[2H]C([2H])([2H])c1c[n+](C)c(-c2c(C)ccc3c2oc2ncccc23)cc1CC(C)(C)C. The van der Waals surface area contributed by atoms with Crippen molar-refractivity contribution < 1.29 is 51.0 Å². The number of benzene rings is 4. The number of aryl methyl sites for hydroxylation is 14. The molecule has 12 heterocycles. The molecular weight excluding hydrogens is 1350 g/mol. The first-order valence-electron chi connectivity index (χ1n) is 43.4. The van der Waals surface area contributed by atoms with Gasteiger partial charge in [0.15, 0.2) is 47.1 Å². The first-order valence-corrected chi connectivity index (χ1v) is 37.9. The third-order valence-corrected chi connectivity index (χ3v) is 20.2. The molecule has 110 heavy (non-hydrogen) atoms. The van der Waals surface area contributed by atoms with Crippen LogP contribution in [-0.2, 0) is 53.8 Å². The lowest BCUT2D eigenvalue weighted by molar-refractivity contribution is -0.660. The van der Waals surface area contributed by atoms with Crippen molar-refractivity contribution in [2.24, 2.45) is 49.9 Å². The van der Waals surface area contributed by atoms with Crippen molar-refractivity contribution in [3.05, 3.63) is 237 Å². The van der Waals surface area contributed by atoms with Crippen LogP contribution in [0.1, 0.15) is 176 Å². The van der Waals surface area contributed by atoms with Gasteiger partial charge in [0.2, 0.25) is 45.6 Å². The average Bonchev–Trinajstić information content (AvgIpc) is 1.74. The Morgan fingerprint density at radius 1 is 0.318 bits per heavy atom. The number of nitrogens with zero attached hydrogens (tertiary/aromatic N) is 8. The van der Waals surface area contributed by atoms with Gasteiger partial charge in [0, 0.05) is 128 Å². The van der Waals surface area contributed by atoms with Gasteiger partial charge in [-0.25, -0.2) is 38.2 Å². The van der Waals surface area contributed by atoms with Gasteiger partial charge in [-0.15, -0.1) is 0 Å². The molecule has 0 aliphatic rings. The van der Waals surface area contributed by atoms with Gasteiger partial charge in [0.1, 0.15) is 28.2 Å². The Bertz CT molecular complexity index is 6750. The zero-order valence-corrected chi connectivity index (χ0v) is 68.3. The lowest BCUT2D eigenvalue weighted by Gasteiger charge is -2.19. The fourth-order valence-electron chi connectivity index (χ4n) is 15.2. The van der Waals surface area contributed by atoms with Crippen molar-refractivity contribution in [3.8, 4) is 45.0 Å². The Balaban J connectivity index is 0.000000139. The van der Waals surface area contributed by atoms with Crippen LogP contribution in [0.3, 0.4) is 0 Å². The molecule has 12 nitrogen and oxygen atoms in total. The molecule has 0 atom stereocenters. The largest absolute Gasteiger partial charge is 0.437 e. The van der Waals surface area contributed by atoms with E-state index in [9.17, 15) is 0 Å². The summed E-state index contributed by atoms with van der Waals surface area (Å²) in [6, 6.07) is 40.6. The maximum atomic E-state index is 8.85. The van der Waals surface area contributed by atoms with Crippen LogP contribution in [0.5, 0.6) is 0 Å². The second-order valence-corrected chi connectivity index (χ2v) is 34.8. The molecule has 0 aliphatic heterocycles. The molecular formula is C98H112N8O4+4. The fraction of sp³-hybridized carbons (Fsp3) is 0.347. The lowest BCUT2D eigenvalue weighted by atomic mass is 9.86. The molecule has 0 fully saturated rings. The number of hydrogen-bond donors (Lipinski definition) is 0. The zero-order valence-electron chi connectivity index (χ0n) is 79.3. The maximum absolute atomic E-state index is 8.85. The summed E-state index contributed by atoms with van der Waals surface area (Å²) in [5, 5.41) is 8.00.